The smallest absolute Gasteiger partial charge is 0.234 e. The van der Waals surface area contributed by atoms with Crippen molar-refractivity contribution in [2.24, 2.45) is 0 Å². The Morgan fingerprint density at radius 3 is 2.33 bits per heavy atom. The van der Waals surface area contributed by atoms with Crippen molar-refractivity contribution in [3.8, 4) is 5.75 Å². The minimum Gasteiger partial charge on any atom is -0.497 e. The average Bonchev–Trinajstić information content (AvgIpc) is 2.29. The van der Waals surface area contributed by atoms with E-state index in [1.165, 1.54) is 0 Å². The van der Waals surface area contributed by atoms with Crippen LogP contribution >= 0.6 is 0 Å². The fourth-order valence-electron chi connectivity index (χ4n) is 2.05. The Labute approximate surface area is 107 Å². The van der Waals surface area contributed by atoms with E-state index in [0.29, 0.717) is 6.42 Å². The topological polar surface area (TPSA) is 64.4 Å². The molecule has 0 heterocycles. The molecule has 1 rings (SSSR count). The first kappa shape index (κ1) is 14.3. The molecule has 18 heavy (non-hydrogen) atoms. The molecule has 0 fully saturated rings. The second-order valence-electron chi connectivity index (χ2n) is 4.78. The lowest BCUT2D eigenvalue weighted by atomic mass is 9.92. The Hall–Kier alpha value is -1.78. The molecule has 100 valence electrons. The summed E-state index contributed by atoms with van der Waals surface area (Å²) in [6, 6.07) is 6.73. The number of rotatable bonds is 6. The molecule has 1 unspecified atom stereocenters. The molecule has 0 saturated carbocycles. The molecule has 5 nitrogen and oxygen atoms in total. The van der Waals surface area contributed by atoms with Crippen LogP contribution < -0.4 is 10.1 Å². The third kappa shape index (κ3) is 3.35. The van der Waals surface area contributed by atoms with Crippen LogP contribution in [-0.4, -0.2) is 23.6 Å². The zero-order chi connectivity index (χ0) is 13.8. The molecule has 0 aliphatic rings. The summed E-state index contributed by atoms with van der Waals surface area (Å²) in [6.07, 6.45) is 0.489. The van der Waals surface area contributed by atoms with E-state index >= 15 is 0 Å². The molecular weight excluding hydrogens is 232 g/mol. The Balaban J connectivity index is 2.83. The van der Waals surface area contributed by atoms with Gasteiger partial charge in [-0.1, -0.05) is 6.92 Å². The van der Waals surface area contributed by atoms with Gasteiger partial charge in [-0.25, -0.2) is 0 Å². The fraction of sp³-hybridized carbons (Fsp3) is 0.538. The van der Waals surface area contributed by atoms with Crippen LogP contribution in [0.2, 0.25) is 0 Å². The van der Waals surface area contributed by atoms with Gasteiger partial charge in [0.2, 0.25) is 6.04 Å². The maximum atomic E-state index is 11.0. The lowest BCUT2D eigenvalue weighted by molar-refractivity contribution is -0.531. The molecule has 1 N–H and O–H groups in total. The number of nitrogens with one attached hydrogen (secondary N) is 1. The minimum atomic E-state index is -0.625. The van der Waals surface area contributed by atoms with E-state index in [1.807, 2.05) is 45.0 Å². The average molecular weight is 252 g/mol. The van der Waals surface area contributed by atoms with Crippen molar-refractivity contribution in [2.45, 2.75) is 38.8 Å². The number of hydrogen-bond acceptors (Lipinski definition) is 4. The van der Waals surface area contributed by atoms with Gasteiger partial charge in [0.1, 0.15) is 5.75 Å². The van der Waals surface area contributed by atoms with E-state index in [0.717, 1.165) is 11.4 Å². The fourth-order valence-corrected chi connectivity index (χ4v) is 2.05. The number of ether oxygens (including phenoxy) is 1. The third-order valence-electron chi connectivity index (χ3n) is 3.03. The maximum Gasteiger partial charge on any atom is 0.234 e. The summed E-state index contributed by atoms with van der Waals surface area (Å²) in [7, 11) is 1.60. The Morgan fingerprint density at radius 1 is 1.39 bits per heavy atom. The summed E-state index contributed by atoms with van der Waals surface area (Å²) in [4.78, 5) is 10.8. The van der Waals surface area contributed by atoms with Gasteiger partial charge in [-0.3, -0.25) is 10.1 Å². The largest absolute Gasteiger partial charge is 0.497 e. The van der Waals surface area contributed by atoms with Gasteiger partial charge in [-0.15, -0.1) is 0 Å². The van der Waals surface area contributed by atoms with Crippen molar-refractivity contribution in [2.75, 3.05) is 12.4 Å². The van der Waals surface area contributed by atoms with Gasteiger partial charge in [-0.05, 0) is 38.1 Å². The number of hydrogen-bond donors (Lipinski definition) is 1. The predicted molar refractivity (Wildman–Crippen MR) is 71.8 cm³/mol. The molecule has 0 spiro atoms. The van der Waals surface area contributed by atoms with E-state index in [-0.39, 0.29) is 4.92 Å². The number of nitro groups is 1. The highest BCUT2D eigenvalue weighted by Gasteiger charge is 2.37. The predicted octanol–water partition coefficient (Wildman–Crippen LogP) is 2.94. The highest BCUT2D eigenvalue weighted by molar-refractivity contribution is 5.48. The lowest BCUT2D eigenvalue weighted by Crippen LogP contribution is -2.47. The van der Waals surface area contributed by atoms with Crippen molar-refractivity contribution in [3.05, 3.63) is 34.4 Å². The second-order valence-corrected chi connectivity index (χ2v) is 4.78. The van der Waals surface area contributed by atoms with E-state index in [1.54, 1.807) is 7.11 Å². The van der Waals surface area contributed by atoms with E-state index in [2.05, 4.69) is 5.32 Å². The maximum absolute atomic E-state index is 11.0. The number of benzene rings is 1. The van der Waals surface area contributed by atoms with Gasteiger partial charge in [-0.2, -0.15) is 0 Å². The van der Waals surface area contributed by atoms with Crippen LogP contribution in [0, 0.1) is 10.1 Å². The summed E-state index contributed by atoms with van der Waals surface area (Å²) in [5.74, 6) is 0.764. The quantitative estimate of drug-likeness (QED) is 0.624. The van der Waals surface area contributed by atoms with Crippen molar-refractivity contribution in [1.82, 2.24) is 0 Å². The summed E-state index contributed by atoms with van der Waals surface area (Å²) in [6.45, 7) is 5.51. The zero-order valence-electron chi connectivity index (χ0n) is 11.3. The molecule has 5 heteroatoms. The van der Waals surface area contributed by atoms with Crippen molar-refractivity contribution >= 4 is 5.69 Å². The third-order valence-corrected chi connectivity index (χ3v) is 3.03. The first-order valence-electron chi connectivity index (χ1n) is 5.96. The van der Waals surface area contributed by atoms with E-state index in [4.69, 9.17) is 4.74 Å². The molecule has 0 amide bonds. The monoisotopic (exact) mass is 252 g/mol. The van der Waals surface area contributed by atoms with Crippen LogP contribution in [-0.2, 0) is 0 Å². The molecule has 1 aromatic rings. The molecule has 0 aliphatic heterocycles. The molecular formula is C13H20N2O3. The SMILES string of the molecule is CCC([N+](=O)[O-])C(C)(C)Nc1ccc(OC)cc1. The molecule has 1 aromatic carbocycles. The van der Waals surface area contributed by atoms with Crippen LogP contribution in [0.5, 0.6) is 5.75 Å². The molecule has 0 aliphatic carbocycles. The van der Waals surface area contributed by atoms with Crippen molar-refractivity contribution < 1.29 is 9.66 Å². The van der Waals surface area contributed by atoms with E-state index in [9.17, 15) is 10.1 Å². The molecule has 0 bridgehead atoms. The van der Waals surface area contributed by atoms with Crippen LogP contribution in [0.15, 0.2) is 24.3 Å². The highest BCUT2D eigenvalue weighted by Crippen LogP contribution is 2.23. The summed E-state index contributed by atoms with van der Waals surface area (Å²) < 4.78 is 5.07. The standard InChI is InChI=1S/C13H20N2O3/c1-5-12(15(16)17)13(2,3)14-10-6-8-11(18-4)9-7-10/h6-9,12,14H,5H2,1-4H3. The van der Waals surface area contributed by atoms with Crippen LogP contribution in [0.4, 0.5) is 5.69 Å². The van der Waals surface area contributed by atoms with Gasteiger partial charge in [0.15, 0.2) is 0 Å². The van der Waals surface area contributed by atoms with Gasteiger partial charge < -0.3 is 10.1 Å². The van der Waals surface area contributed by atoms with Gasteiger partial charge in [0.25, 0.3) is 0 Å². The Morgan fingerprint density at radius 2 is 1.94 bits per heavy atom. The summed E-state index contributed by atoms with van der Waals surface area (Å²) >= 11 is 0. The Kier molecular flexibility index (Phi) is 4.53. The van der Waals surface area contributed by atoms with Crippen LogP contribution in [0.3, 0.4) is 0 Å². The normalized spacial score (nSPS) is 12.9. The molecule has 0 aromatic heterocycles. The second kappa shape index (κ2) is 5.71. The zero-order valence-corrected chi connectivity index (χ0v) is 11.3. The molecule has 0 radical (unpaired) electrons. The summed E-state index contributed by atoms with van der Waals surface area (Å²) in [5.41, 5.74) is 0.244. The highest BCUT2D eigenvalue weighted by atomic mass is 16.6. The minimum absolute atomic E-state index is 0.226. The van der Waals surface area contributed by atoms with Gasteiger partial charge in [0.05, 0.1) is 12.6 Å². The lowest BCUT2D eigenvalue weighted by Gasteiger charge is -2.29. The number of anilines is 1. The van der Waals surface area contributed by atoms with Crippen molar-refractivity contribution in [1.29, 1.82) is 0 Å². The summed E-state index contributed by atoms with van der Waals surface area (Å²) in [5, 5.41) is 14.2. The first-order chi connectivity index (χ1) is 8.40. The first-order valence-corrected chi connectivity index (χ1v) is 5.96. The Bertz CT molecular complexity index is 401. The van der Waals surface area contributed by atoms with Gasteiger partial charge >= 0.3 is 0 Å². The molecule has 0 saturated heterocycles. The van der Waals surface area contributed by atoms with Crippen molar-refractivity contribution in [3.63, 3.8) is 0 Å². The van der Waals surface area contributed by atoms with Crippen LogP contribution in [0.25, 0.3) is 0 Å². The van der Waals surface area contributed by atoms with Crippen LogP contribution in [0.1, 0.15) is 27.2 Å². The van der Waals surface area contributed by atoms with E-state index < -0.39 is 11.6 Å². The number of nitrogens with zero attached hydrogens (tertiary/aromatic N) is 1. The molecule has 1 atom stereocenters. The number of methoxy groups -OCH3 is 1. The van der Waals surface area contributed by atoms with Gasteiger partial charge in [0, 0.05) is 17.0 Å².